The smallest absolute Gasteiger partial charge is 0.262 e. The molecule has 9 heteroatoms. The van der Waals surface area contributed by atoms with Gasteiger partial charge in [0, 0.05) is 25.6 Å². The van der Waals surface area contributed by atoms with Crippen LogP contribution in [-0.4, -0.2) is 61.4 Å². The number of carbonyl (C=O) groups excluding carboxylic acids is 2. The first-order chi connectivity index (χ1) is 17.0. The molecule has 35 heavy (non-hydrogen) atoms. The van der Waals surface area contributed by atoms with Crippen LogP contribution in [-0.2, 0) is 9.53 Å². The molecule has 1 aliphatic rings. The van der Waals surface area contributed by atoms with E-state index in [2.05, 4.69) is 5.10 Å². The molecular weight excluding hydrogens is 469 g/mol. The second kappa shape index (κ2) is 11.2. The molecule has 3 aromatic rings. The highest BCUT2D eigenvalue weighted by Gasteiger charge is 2.34. The Hall–Kier alpha value is -3.56. The summed E-state index contributed by atoms with van der Waals surface area (Å²) in [4.78, 5) is 29.2. The van der Waals surface area contributed by atoms with E-state index in [0.717, 1.165) is 16.2 Å². The van der Waals surface area contributed by atoms with Crippen LogP contribution < -0.4 is 4.74 Å². The first kappa shape index (κ1) is 24.6. The molecule has 2 amide bonds. The summed E-state index contributed by atoms with van der Waals surface area (Å²) in [5.41, 5.74) is 2.00. The number of benzene rings is 2. The van der Waals surface area contributed by atoms with Crippen molar-refractivity contribution < 1.29 is 23.5 Å². The Bertz CT molecular complexity index is 1180. The highest BCUT2D eigenvalue weighted by atomic mass is 32.1. The standard InChI is InChI=1S/C26H26FN3O4S/c1-33-14-13-29(26(32)19-7-11-21(34-2)12-8-19)17-25(31)30-23(18-5-9-20(27)10-6-18)16-22(28-30)24-4-3-15-35-24/h3-12,15,23H,13-14,16-17H2,1-2H3/t23-/m1/s1. The molecule has 182 valence electrons. The fourth-order valence-corrected chi connectivity index (χ4v) is 4.60. The SMILES string of the molecule is COCCN(CC(=O)N1N=C(c2cccs2)C[C@@H]1c1ccc(F)cc1)C(=O)c1ccc(OC)cc1. The summed E-state index contributed by atoms with van der Waals surface area (Å²) in [5, 5.41) is 8.00. The van der Waals surface area contributed by atoms with Crippen LogP contribution >= 0.6 is 11.3 Å². The highest BCUT2D eigenvalue weighted by molar-refractivity contribution is 7.12. The normalized spacial score (nSPS) is 15.1. The van der Waals surface area contributed by atoms with Gasteiger partial charge in [0.2, 0.25) is 0 Å². The Labute approximate surface area is 207 Å². The lowest BCUT2D eigenvalue weighted by Gasteiger charge is -2.27. The summed E-state index contributed by atoms with van der Waals surface area (Å²) in [6, 6.07) is 16.3. The average molecular weight is 496 g/mol. The van der Waals surface area contributed by atoms with Crippen molar-refractivity contribution in [3.05, 3.63) is 87.9 Å². The quantitative estimate of drug-likeness (QED) is 0.442. The van der Waals surface area contributed by atoms with Crippen LogP contribution in [0.1, 0.15) is 33.3 Å². The number of rotatable bonds is 9. The number of hydrogen-bond acceptors (Lipinski definition) is 6. The van der Waals surface area contributed by atoms with Crippen LogP contribution in [0, 0.1) is 5.82 Å². The van der Waals surface area contributed by atoms with Crippen molar-refractivity contribution in [2.24, 2.45) is 5.10 Å². The van der Waals surface area contributed by atoms with Gasteiger partial charge in [0.05, 0.1) is 30.3 Å². The Balaban J connectivity index is 1.59. The fourth-order valence-electron chi connectivity index (χ4n) is 3.88. The summed E-state index contributed by atoms with van der Waals surface area (Å²) in [6.45, 7) is 0.344. The predicted molar refractivity (Wildman–Crippen MR) is 132 cm³/mol. The lowest BCUT2D eigenvalue weighted by atomic mass is 10.0. The molecular formula is C26H26FN3O4S. The van der Waals surface area contributed by atoms with Gasteiger partial charge in [-0.05, 0) is 53.4 Å². The number of methoxy groups -OCH3 is 2. The van der Waals surface area contributed by atoms with Crippen molar-refractivity contribution in [1.29, 1.82) is 0 Å². The number of thiophene rings is 1. The number of amides is 2. The molecule has 0 unspecified atom stereocenters. The number of hydrazone groups is 1. The van der Waals surface area contributed by atoms with Gasteiger partial charge in [0.25, 0.3) is 11.8 Å². The molecule has 4 rings (SSSR count). The molecule has 0 N–H and O–H groups in total. The van der Waals surface area contributed by atoms with Crippen molar-refractivity contribution >= 4 is 28.9 Å². The maximum absolute atomic E-state index is 13.5. The second-order valence-electron chi connectivity index (χ2n) is 7.98. The van der Waals surface area contributed by atoms with Gasteiger partial charge in [-0.15, -0.1) is 11.3 Å². The molecule has 1 aromatic heterocycles. The third-order valence-electron chi connectivity index (χ3n) is 5.74. The van der Waals surface area contributed by atoms with Gasteiger partial charge in [-0.25, -0.2) is 9.40 Å². The van der Waals surface area contributed by atoms with Crippen LogP contribution in [0.25, 0.3) is 0 Å². The molecule has 7 nitrogen and oxygen atoms in total. The lowest BCUT2D eigenvalue weighted by Crippen LogP contribution is -2.42. The first-order valence-electron chi connectivity index (χ1n) is 11.1. The van der Waals surface area contributed by atoms with E-state index in [0.29, 0.717) is 17.7 Å². The maximum atomic E-state index is 13.5. The van der Waals surface area contributed by atoms with E-state index in [1.807, 2.05) is 17.5 Å². The molecule has 1 atom stereocenters. The second-order valence-corrected chi connectivity index (χ2v) is 8.93. The minimum Gasteiger partial charge on any atom is -0.497 e. The Kier molecular flexibility index (Phi) is 7.89. The maximum Gasteiger partial charge on any atom is 0.262 e. The van der Waals surface area contributed by atoms with E-state index >= 15 is 0 Å². The summed E-state index contributed by atoms with van der Waals surface area (Å²) < 4.78 is 23.9. The Morgan fingerprint density at radius 2 is 1.86 bits per heavy atom. The van der Waals surface area contributed by atoms with Crippen LogP contribution in [0.2, 0.25) is 0 Å². The molecule has 0 bridgehead atoms. The molecule has 0 saturated heterocycles. The van der Waals surface area contributed by atoms with E-state index in [-0.39, 0.29) is 43.4 Å². The summed E-state index contributed by atoms with van der Waals surface area (Å²) in [6.07, 6.45) is 0.502. The zero-order valence-corrected chi connectivity index (χ0v) is 20.3. The van der Waals surface area contributed by atoms with E-state index in [4.69, 9.17) is 9.47 Å². The molecule has 0 fully saturated rings. The number of carbonyl (C=O) groups is 2. The van der Waals surface area contributed by atoms with Gasteiger partial charge in [0.15, 0.2) is 0 Å². The lowest BCUT2D eigenvalue weighted by molar-refractivity contribution is -0.133. The monoisotopic (exact) mass is 495 g/mol. The summed E-state index contributed by atoms with van der Waals surface area (Å²) >= 11 is 1.54. The van der Waals surface area contributed by atoms with Crippen molar-refractivity contribution in [2.45, 2.75) is 12.5 Å². The topological polar surface area (TPSA) is 71.4 Å². The molecule has 0 spiro atoms. The van der Waals surface area contributed by atoms with Crippen molar-refractivity contribution in [3.8, 4) is 5.75 Å². The number of nitrogens with zero attached hydrogens (tertiary/aromatic N) is 3. The fraction of sp³-hybridized carbons (Fsp3) is 0.269. The van der Waals surface area contributed by atoms with Gasteiger partial charge in [-0.1, -0.05) is 18.2 Å². The zero-order chi connectivity index (χ0) is 24.8. The minimum absolute atomic E-state index is 0.173. The molecule has 2 heterocycles. The van der Waals surface area contributed by atoms with E-state index in [1.165, 1.54) is 22.0 Å². The number of hydrogen-bond donors (Lipinski definition) is 0. The summed E-state index contributed by atoms with van der Waals surface area (Å²) in [5.74, 6) is -0.336. The van der Waals surface area contributed by atoms with Gasteiger partial charge in [-0.2, -0.15) is 5.10 Å². The minimum atomic E-state index is -0.388. The van der Waals surface area contributed by atoms with Crippen molar-refractivity contribution in [1.82, 2.24) is 9.91 Å². The van der Waals surface area contributed by atoms with E-state index < -0.39 is 0 Å². The molecule has 2 aromatic carbocycles. The first-order valence-corrected chi connectivity index (χ1v) is 12.0. The van der Waals surface area contributed by atoms with Gasteiger partial charge in [0.1, 0.15) is 18.1 Å². The van der Waals surface area contributed by atoms with Gasteiger partial charge >= 0.3 is 0 Å². The highest BCUT2D eigenvalue weighted by Crippen LogP contribution is 2.34. The molecule has 0 aliphatic carbocycles. The van der Waals surface area contributed by atoms with Gasteiger partial charge in [-0.3, -0.25) is 9.59 Å². The third kappa shape index (κ3) is 5.75. The van der Waals surface area contributed by atoms with Crippen molar-refractivity contribution in [3.63, 3.8) is 0 Å². The number of ether oxygens (including phenoxy) is 2. The summed E-state index contributed by atoms with van der Waals surface area (Å²) in [7, 11) is 3.10. The van der Waals surface area contributed by atoms with Crippen LogP contribution in [0.5, 0.6) is 5.75 Å². The molecule has 1 aliphatic heterocycles. The number of halogens is 1. The van der Waals surface area contributed by atoms with Crippen LogP contribution in [0.4, 0.5) is 4.39 Å². The zero-order valence-electron chi connectivity index (χ0n) is 19.5. The molecule has 0 saturated carbocycles. The molecule has 0 radical (unpaired) electrons. The largest absolute Gasteiger partial charge is 0.497 e. The Morgan fingerprint density at radius 3 is 2.49 bits per heavy atom. The van der Waals surface area contributed by atoms with Crippen LogP contribution in [0.15, 0.2) is 71.1 Å². The van der Waals surface area contributed by atoms with Gasteiger partial charge < -0.3 is 14.4 Å². The van der Waals surface area contributed by atoms with E-state index in [1.54, 1.807) is 62.0 Å². The Morgan fingerprint density at radius 1 is 1.11 bits per heavy atom. The average Bonchev–Trinajstić information content (AvgIpc) is 3.57. The van der Waals surface area contributed by atoms with E-state index in [9.17, 15) is 14.0 Å². The van der Waals surface area contributed by atoms with Crippen molar-refractivity contribution in [2.75, 3.05) is 33.9 Å². The van der Waals surface area contributed by atoms with Crippen LogP contribution in [0.3, 0.4) is 0 Å². The third-order valence-corrected chi connectivity index (χ3v) is 6.66. The predicted octanol–water partition coefficient (Wildman–Crippen LogP) is 4.36.